The summed E-state index contributed by atoms with van der Waals surface area (Å²) in [6, 6.07) is 0.161. The van der Waals surface area contributed by atoms with Crippen molar-refractivity contribution in [1.29, 1.82) is 0 Å². The van der Waals surface area contributed by atoms with Gasteiger partial charge in [-0.3, -0.25) is 14.5 Å². The smallest absolute Gasteiger partial charge is 0.248 e. The first kappa shape index (κ1) is 21.6. The number of nitrogens with one attached hydrogen (secondary N) is 1. The van der Waals surface area contributed by atoms with Gasteiger partial charge in [-0.05, 0) is 43.1 Å². The molecule has 0 spiro atoms. The molecule has 29 heavy (non-hydrogen) atoms. The summed E-state index contributed by atoms with van der Waals surface area (Å²) in [5.41, 5.74) is 6.14. The predicted octanol–water partition coefficient (Wildman–Crippen LogP) is 3.15. The number of amides is 2. The third kappa shape index (κ3) is 4.26. The molecule has 0 aromatic carbocycles. The number of guanidine groups is 1. The van der Waals surface area contributed by atoms with Gasteiger partial charge < -0.3 is 11.1 Å². The lowest BCUT2D eigenvalue weighted by atomic mass is 9.70. The van der Waals surface area contributed by atoms with Gasteiger partial charge in [0.15, 0.2) is 11.5 Å². The number of allylic oxidation sites excluding steroid dienone is 4. The van der Waals surface area contributed by atoms with Crippen molar-refractivity contribution in [1.82, 2.24) is 10.2 Å². The molecule has 6 nitrogen and oxygen atoms in total. The van der Waals surface area contributed by atoms with Gasteiger partial charge in [0.2, 0.25) is 11.8 Å². The van der Waals surface area contributed by atoms with E-state index in [-0.39, 0.29) is 35.1 Å². The quantitative estimate of drug-likeness (QED) is 0.763. The molecular formula is C23H36N4O2. The molecule has 3 atom stereocenters. The molecular weight excluding hydrogens is 364 g/mol. The minimum atomic E-state index is -1.20. The zero-order valence-corrected chi connectivity index (χ0v) is 18.5. The predicted molar refractivity (Wildman–Crippen MR) is 116 cm³/mol. The fourth-order valence-electron chi connectivity index (χ4n) is 4.76. The number of rotatable bonds is 3. The molecule has 1 fully saturated rings. The molecule has 1 unspecified atom stereocenters. The van der Waals surface area contributed by atoms with Crippen LogP contribution in [0.4, 0.5) is 0 Å². The SMILES string of the molecule is CN1C(=O)[C@H](C2C=CC(C(C)(C)C)=CC2)[C@@](C)(C(=O)NC2CCCCC2)N=C1N. The van der Waals surface area contributed by atoms with Gasteiger partial charge >= 0.3 is 0 Å². The summed E-state index contributed by atoms with van der Waals surface area (Å²) in [5.74, 6) is -0.871. The number of carbonyl (C=O) groups is 2. The van der Waals surface area contributed by atoms with Crippen molar-refractivity contribution in [3.05, 3.63) is 23.8 Å². The zero-order chi connectivity index (χ0) is 21.4. The topological polar surface area (TPSA) is 87.8 Å². The van der Waals surface area contributed by atoms with Crippen molar-refractivity contribution in [2.45, 2.75) is 77.8 Å². The van der Waals surface area contributed by atoms with Crippen LogP contribution in [-0.4, -0.2) is 41.3 Å². The highest BCUT2D eigenvalue weighted by Crippen LogP contribution is 2.40. The lowest BCUT2D eigenvalue weighted by Crippen LogP contribution is -2.63. The van der Waals surface area contributed by atoms with Crippen LogP contribution >= 0.6 is 0 Å². The van der Waals surface area contributed by atoms with Crippen LogP contribution < -0.4 is 11.1 Å². The van der Waals surface area contributed by atoms with Crippen LogP contribution in [0.1, 0.15) is 66.2 Å². The number of nitrogens with two attached hydrogens (primary N) is 1. The Morgan fingerprint density at radius 2 is 1.93 bits per heavy atom. The van der Waals surface area contributed by atoms with E-state index in [1.807, 2.05) is 0 Å². The Hall–Kier alpha value is -2.11. The zero-order valence-electron chi connectivity index (χ0n) is 18.5. The molecule has 160 valence electrons. The van der Waals surface area contributed by atoms with Crippen LogP contribution in [0.2, 0.25) is 0 Å². The summed E-state index contributed by atoms with van der Waals surface area (Å²) in [6.07, 6.45) is 12.5. The molecule has 2 aliphatic carbocycles. The maximum atomic E-state index is 13.4. The molecule has 3 aliphatic rings. The standard InChI is InChI=1S/C23H36N4O2/c1-22(2,3)16-13-11-15(12-14-16)18-19(28)27(5)21(24)26-23(18,4)20(29)25-17-9-7-6-8-10-17/h11,13-15,17-18H,6-10,12H2,1-5H3,(H2,24,26)(H,25,29)/t15?,18-,23-/m0/s1. The number of carbonyl (C=O) groups excluding carboxylic acids is 2. The van der Waals surface area contributed by atoms with E-state index in [4.69, 9.17) is 5.73 Å². The van der Waals surface area contributed by atoms with E-state index in [1.165, 1.54) is 16.9 Å². The minimum absolute atomic E-state index is 0.0546. The summed E-state index contributed by atoms with van der Waals surface area (Å²) >= 11 is 0. The van der Waals surface area contributed by atoms with Gasteiger partial charge in [-0.15, -0.1) is 0 Å². The summed E-state index contributed by atoms with van der Waals surface area (Å²) < 4.78 is 0. The van der Waals surface area contributed by atoms with Crippen LogP contribution in [0, 0.1) is 17.3 Å². The van der Waals surface area contributed by atoms with Crippen molar-refractivity contribution in [3.63, 3.8) is 0 Å². The fraction of sp³-hybridized carbons (Fsp3) is 0.696. The Balaban J connectivity index is 1.88. The van der Waals surface area contributed by atoms with Crippen molar-refractivity contribution in [2.75, 3.05) is 7.05 Å². The number of hydrogen-bond acceptors (Lipinski definition) is 4. The van der Waals surface area contributed by atoms with E-state index in [0.29, 0.717) is 0 Å². The third-order valence-corrected chi connectivity index (χ3v) is 6.72. The summed E-state index contributed by atoms with van der Waals surface area (Å²) in [6.45, 7) is 8.30. The first-order chi connectivity index (χ1) is 13.5. The van der Waals surface area contributed by atoms with Gasteiger partial charge in [0, 0.05) is 13.1 Å². The highest BCUT2D eigenvalue weighted by molar-refractivity contribution is 6.05. The molecule has 1 aliphatic heterocycles. The lowest BCUT2D eigenvalue weighted by Gasteiger charge is -2.43. The van der Waals surface area contributed by atoms with Gasteiger partial charge in [-0.1, -0.05) is 58.3 Å². The second kappa shape index (κ2) is 7.96. The van der Waals surface area contributed by atoms with Gasteiger partial charge in [0.25, 0.3) is 0 Å². The van der Waals surface area contributed by atoms with Crippen molar-refractivity contribution < 1.29 is 9.59 Å². The minimum Gasteiger partial charge on any atom is -0.369 e. The summed E-state index contributed by atoms with van der Waals surface area (Å²) in [5, 5.41) is 3.18. The Morgan fingerprint density at radius 3 is 2.48 bits per heavy atom. The largest absolute Gasteiger partial charge is 0.369 e. The number of aliphatic imine (C=N–C) groups is 1. The van der Waals surface area contributed by atoms with Crippen molar-refractivity contribution >= 4 is 17.8 Å². The van der Waals surface area contributed by atoms with E-state index < -0.39 is 11.5 Å². The molecule has 1 saturated carbocycles. The van der Waals surface area contributed by atoms with Gasteiger partial charge in [0.05, 0.1) is 5.92 Å². The van der Waals surface area contributed by atoms with E-state index >= 15 is 0 Å². The molecule has 0 radical (unpaired) electrons. The molecule has 2 amide bonds. The van der Waals surface area contributed by atoms with Gasteiger partial charge in [-0.2, -0.15) is 0 Å². The normalized spacial score (nSPS) is 31.3. The molecule has 0 aromatic rings. The van der Waals surface area contributed by atoms with Crippen LogP contribution in [0.5, 0.6) is 0 Å². The second-order valence-electron chi connectivity index (χ2n) is 9.97. The fourth-order valence-corrected chi connectivity index (χ4v) is 4.76. The van der Waals surface area contributed by atoms with Crippen LogP contribution in [-0.2, 0) is 9.59 Å². The average molecular weight is 401 g/mol. The highest BCUT2D eigenvalue weighted by Gasteiger charge is 2.53. The van der Waals surface area contributed by atoms with Crippen molar-refractivity contribution in [3.8, 4) is 0 Å². The average Bonchev–Trinajstić information content (AvgIpc) is 2.67. The Bertz CT molecular complexity index is 755. The first-order valence-corrected chi connectivity index (χ1v) is 10.9. The maximum Gasteiger partial charge on any atom is 0.248 e. The maximum absolute atomic E-state index is 13.4. The Kier molecular flexibility index (Phi) is 5.93. The first-order valence-electron chi connectivity index (χ1n) is 10.9. The lowest BCUT2D eigenvalue weighted by molar-refractivity contribution is -0.142. The highest BCUT2D eigenvalue weighted by atomic mass is 16.2. The molecule has 1 heterocycles. The number of hydrogen-bond donors (Lipinski definition) is 2. The Morgan fingerprint density at radius 1 is 1.28 bits per heavy atom. The van der Waals surface area contributed by atoms with E-state index in [1.54, 1.807) is 14.0 Å². The van der Waals surface area contributed by atoms with Gasteiger partial charge in [0.1, 0.15) is 0 Å². The second-order valence-corrected chi connectivity index (χ2v) is 9.97. The molecule has 6 heteroatoms. The third-order valence-electron chi connectivity index (χ3n) is 6.72. The molecule has 3 N–H and O–H groups in total. The van der Waals surface area contributed by atoms with E-state index in [2.05, 4.69) is 49.3 Å². The van der Waals surface area contributed by atoms with E-state index in [9.17, 15) is 9.59 Å². The number of nitrogens with zero attached hydrogens (tertiary/aromatic N) is 2. The molecule has 0 aromatic heterocycles. The Labute approximate surface area is 174 Å². The van der Waals surface area contributed by atoms with Crippen LogP contribution in [0.15, 0.2) is 28.8 Å². The van der Waals surface area contributed by atoms with Crippen LogP contribution in [0.3, 0.4) is 0 Å². The molecule has 0 bridgehead atoms. The molecule has 3 rings (SSSR count). The monoisotopic (exact) mass is 400 g/mol. The summed E-state index contributed by atoms with van der Waals surface area (Å²) in [7, 11) is 1.63. The van der Waals surface area contributed by atoms with Gasteiger partial charge in [-0.25, -0.2) is 4.99 Å². The summed E-state index contributed by atoms with van der Waals surface area (Å²) in [4.78, 5) is 32.6. The van der Waals surface area contributed by atoms with E-state index in [0.717, 1.165) is 32.1 Å². The van der Waals surface area contributed by atoms with Crippen LogP contribution in [0.25, 0.3) is 0 Å². The van der Waals surface area contributed by atoms with Crippen molar-refractivity contribution in [2.24, 2.45) is 28.0 Å². The molecule has 0 saturated heterocycles.